The third-order valence-electron chi connectivity index (χ3n) is 3.14. The number of anilines is 1. The lowest BCUT2D eigenvalue weighted by molar-refractivity contribution is -0.136. The summed E-state index contributed by atoms with van der Waals surface area (Å²) < 4.78 is 23.8. The number of benzene rings is 2. The highest BCUT2D eigenvalue weighted by Gasteiger charge is 2.13. The van der Waals surface area contributed by atoms with Crippen molar-refractivity contribution in [3.63, 3.8) is 0 Å². The second-order valence-electron chi connectivity index (χ2n) is 4.63. The third kappa shape index (κ3) is 4.32. The second-order valence-corrected chi connectivity index (χ2v) is 4.63. The Morgan fingerprint density at radius 3 is 2.48 bits per heavy atom. The Kier molecular flexibility index (Phi) is 5.74. The van der Waals surface area contributed by atoms with Crippen LogP contribution in [-0.4, -0.2) is 19.7 Å². The maximum Gasteiger partial charge on any atom is 0.340 e. The standard InChI is InChI=1S/C18H18FNO3/c1-3-23-18(21)15(13-8-10-14(22-2)11-9-13)12-20-17-7-5-4-6-16(17)19/h4-12,20H,3H2,1-2H3/b15-12-. The smallest absolute Gasteiger partial charge is 0.340 e. The first kappa shape index (κ1) is 16.5. The molecule has 0 aliphatic carbocycles. The number of esters is 1. The van der Waals surface area contributed by atoms with Gasteiger partial charge in [-0.1, -0.05) is 24.3 Å². The summed E-state index contributed by atoms with van der Waals surface area (Å²) in [6.07, 6.45) is 1.44. The Balaban J connectivity index is 2.31. The van der Waals surface area contributed by atoms with Gasteiger partial charge in [-0.2, -0.15) is 0 Å². The number of hydrogen-bond donors (Lipinski definition) is 1. The van der Waals surface area contributed by atoms with Crippen LogP contribution in [0.1, 0.15) is 12.5 Å². The molecule has 0 fully saturated rings. The zero-order valence-corrected chi connectivity index (χ0v) is 13.0. The van der Waals surface area contributed by atoms with E-state index in [0.717, 1.165) is 0 Å². The van der Waals surface area contributed by atoms with E-state index in [1.165, 1.54) is 12.3 Å². The summed E-state index contributed by atoms with van der Waals surface area (Å²) in [5.41, 5.74) is 1.23. The molecule has 0 aliphatic heterocycles. The average molecular weight is 315 g/mol. The summed E-state index contributed by atoms with van der Waals surface area (Å²) >= 11 is 0. The molecular weight excluding hydrogens is 297 g/mol. The summed E-state index contributed by atoms with van der Waals surface area (Å²) in [7, 11) is 1.57. The van der Waals surface area contributed by atoms with Crippen molar-refractivity contribution in [3.05, 3.63) is 66.1 Å². The topological polar surface area (TPSA) is 47.6 Å². The van der Waals surface area contributed by atoms with Crippen molar-refractivity contribution < 1.29 is 18.7 Å². The predicted octanol–water partition coefficient (Wildman–Crippen LogP) is 3.85. The van der Waals surface area contributed by atoms with E-state index < -0.39 is 11.8 Å². The van der Waals surface area contributed by atoms with Crippen LogP contribution in [0.4, 0.5) is 10.1 Å². The van der Waals surface area contributed by atoms with Crippen molar-refractivity contribution >= 4 is 17.2 Å². The Bertz CT molecular complexity index is 696. The molecule has 2 rings (SSSR count). The number of hydrogen-bond acceptors (Lipinski definition) is 4. The average Bonchev–Trinajstić information content (AvgIpc) is 2.57. The van der Waals surface area contributed by atoms with Crippen molar-refractivity contribution in [3.8, 4) is 5.75 Å². The molecule has 1 N–H and O–H groups in total. The van der Waals surface area contributed by atoms with E-state index in [1.54, 1.807) is 56.5 Å². The van der Waals surface area contributed by atoms with Crippen LogP contribution < -0.4 is 10.1 Å². The molecule has 23 heavy (non-hydrogen) atoms. The van der Waals surface area contributed by atoms with Crippen molar-refractivity contribution in [2.45, 2.75) is 6.92 Å². The van der Waals surface area contributed by atoms with Crippen LogP contribution in [0.5, 0.6) is 5.75 Å². The van der Waals surface area contributed by atoms with Crippen molar-refractivity contribution in [1.82, 2.24) is 0 Å². The number of carbonyl (C=O) groups is 1. The van der Waals surface area contributed by atoms with Gasteiger partial charge in [0.05, 0.1) is 25.0 Å². The number of nitrogens with one attached hydrogen (secondary N) is 1. The highest BCUT2D eigenvalue weighted by atomic mass is 19.1. The van der Waals surface area contributed by atoms with Gasteiger partial charge in [0.1, 0.15) is 11.6 Å². The van der Waals surface area contributed by atoms with Gasteiger partial charge in [0, 0.05) is 6.20 Å². The van der Waals surface area contributed by atoms with Gasteiger partial charge in [0.2, 0.25) is 0 Å². The van der Waals surface area contributed by atoms with Crippen LogP contribution in [0.15, 0.2) is 54.7 Å². The number of rotatable bonds is 6. The second kappa shape index (κ2) is 7.98. The van der Waals surface area contributed by atoms with Crippen LogP contribution >= 0.6 is 0 Å². The van der Waals surface area contributed by atoms with Gasteiger partial charge < -0.3 is 14.8 Å². The van der Waals surface area contributed by atoms with Gasteiger partial charge in [0.15, 0.2) is 0 Å². The molecule has 0 radical (unpaired) electrons. The van der Waals surface area contributed by atoms with Gasteiger partial charge in [-0.15, -0.1) is 0 Å². The van der Waals surface area contributed by atoms with Gasteiger partial charge in [-0.05, 0) is 36.8 Å². The highest BCUT2D eigenvalue weighted by molar-refractivity contribution is 6.16. The summed E-state index contributed by atoms with van der Waals surface area (Å²) in [6.45, 7) is 1.99. The van der Waals surface area contributed by atoms with E-state index in [-0.39, 0.29) is 12.3 Å². The molecule has 0 saturated carbocycles. The number of methoxy groups -OCH3 is 1. The summed E-state index contributed by atoms with van der Waals surface area (Å²) in [6, 6.07) is 13.2. The molecule has 0 unspecified atom stereocenters. The molecule has 0 saturated heterocycles. The molecule has 120 valence electrons. The van der Waals surface area contributed by atoms with E-state index in [0.29, 0.717) is 16.9 Å². The van der Waals surface area contributed by atoms with Gasteiger partial charge in [0.25, 0.3) is 0 Å². The monoisotopic (exact) mass is 315 g/mol. The van der Waals surface area contributed by atoms with E-state index in [1.807, 2.05) is 0 Å². The van der Waals surface area contributed by atoms with Crippen LogP contribution in [0.2, 0.25) is 0 Å². The van der Waals surface area contributed by atoms with E-state index in [4.69, 9.17) is 9.47 Å². The van der Waals surface area contributed by atoms with Crippen molar-refractivity contribution in [1.29, 1.82) is 0 Å². The predicted molar refractivity (Wildman–Crippen MR) is 87.6 cm³/mol. The molecule has 0 bridgehead atoms. The molecule has 0 atom stereocenters. The zero-order chi connectivity index (χ0) is 16.7. The first-order valence-corrected chi connectivity index (χ1v) is 7.18. The normalized spacial score (nSPS) is 11.0. The zero-order valence-electron chi connectivity index (χ0n) is 13.0. The maximum absolute atomic E-state index is 13.7. The number of carbonyl (C=O) groups excluding carboxylic acids is 1. The minimum absolute atomic E-state index is 0.256. The first-order chi connectivity index (χ1) is 11.2. The maximum atomic E-state index is 13.7. The Morgan fingerprint density at radius 1 is 1.17 bits per heavy atom. The minimum Gasteiger partial charge on any atom is -0.497 e. The fraction of sp³-hybridized carbons (Fsp3) is 0.167. The largest absolute Gasteiger partial charge is 0.497 e. The molecule has 5 heteroatoms. The SMILES string of the molecule is CCOC(=O)/C(=C\Nc1ccccc1F)c1ccc(OC)cc1. The van der Waals surface area contributed by atoms with E-state index in [9.17, 15) is 9.18 Å². The number of para-hydroxylation sites is 1. The summed E-state index contributed by atoms with van der Waals surface area (Å²) in [5.74, 6) is -0.206. The summed E-state index contributed by atoms with van der Waals surface area (Å²) in [4.78, 5) is 12.1. The quantitative estimate of drug-likeness (QED) is 0.650. The van der Waals surface area contributed by atoms with Crippen molar-refractivity contribution in [2.75, 3.05) is 19.0 Å². The van der Waals surface area contributed by atoms with Gasteiger partial charge >= 0.3 is 5.97 Å². The molecule has 4 nitrogen and oxygen atoms in total. The van der Waals surface area contributed by atoms with Crippen LogP contribution in [0.25, 0.3) is 5.57 Å². The molecule has 0 heterocycles. The molecule has 0 amide bonds. The Labute approximate surface area is 134 Å². The molecular formula is C18H18FNO3. The van der Waals surface area contributed by atoms with Crippen LogP contribution in [-0.2, 0) is 9.53 Å². The van der Waals surface area contributed by atoms with Crippen LogP contribution in [0.3, 0.4) is 0 Å². The van der Waals surface area contributed by atoms with Gasteiger partial charge in [-0.3, -0.25) is 0 Å². The molecule has 0 aliphatic rings. The highest BCUT2D eigenvalue weighted by Crippen LogP contribution is 2.21. The first-order valence-electron chi connectivity index (χ1n) is 7.18. The van der Waals surface area contributed by atoms with E-state index >= 15 is 0 Å². The fourth-order valence-electron chi connectivity index (χ4n) is 1.97. The number of halogens is 1. The molecule has 0 aromatic heterocycles. The Hall–Kier alpha value is -2.82. The lowest BCUT2D eigenvalue weighted by Crippen LogP contribution is -2.09. The Morgan fingerprint density at radius 2 is 1.87 bits per heavy atom. The van der Waals surface area contributed by atoms with Crippen LogP contribution in [0, 0.1) is 5.82 Å². The number of ether oxygens (including phenoxy) is 2. The fourth-order valence-corrected chi connectivity index (χ4v) is 1.97. The lowest BCUT2D eigenvalue weighted by atomic mass is 10.1. The minimum atomic E-state index is -0.485. The van der Waals surface area contributed by atoms with Crippen molar-refractivity contribution in [2.24, 2.45) is 0 Å². The summed E-state index contributed by atoms with van der Waals surface area (Å²) in [5, 5.41) is 2.81. The van der Waals surface area contributed by atoms with E-state index in [2.05, 4.69) is 5.32 Å². The lowest BCUT2D eigenvalue weighted by Gasteiger charge is -2.10. The third-order valence-corrected chi connectivity index (χ3v) is 3.14. The molecule has 2 aromatic rings. The molecule has 2 aromatic carbocycles. The van der Waals surface area contributed by atoms with Gasteiger partial charge in [-0.25, -0.2) is 9.18 Å². The molecule has 0 spiro atoms.